The lowest BCUT2D eigenvalue weighted by Crippen LogP contribution is -2.32. The van der Waals surface area contributed by atoms with E-state index in [1.54, 1.807) is 6.92 Å². The van der Waals surface area contributed by atoms with Crippen LogP contribution in [0, 0.1) is 11.6 Å². The molecule has 1 aromatic rings. The molecule has 0 radical (unpaired) electrons. The van der Waals surface area contributed by atoms with Gasteiger partial charge < -0.3 is 10.1 Å². The van der Waals surface area contributed by atoms with E-state index in [2.05, 4.69) is 5.32 Å². The van der Waals surface area contributed by atoms with Crippen LogP contribution in [0.15, 0.2) is 11.0 Å². The number of methoxy groups -OCH3 is 1. The maximum absolute atomic E-state index is 13.5. The second kappa shape index (κ2) is 6.65. The van der Waals surface area contributed by atoms with Crippen molar-refractivity contribution in [3.8, 4) is 0 Å². The van der Waals surface area contributed by atoms with Crippen LogP contribution >= 0.6 is 11.6 Å². The fourth-order valence-corrected chi connectivity index (χ4v) is 2.66. The average Bonchev–Trinajstić information content (AvgIpc) is 2.38. The minimum absolute atomic E-state index is 0.0648. The molecule has 0 bridgehead atoms. The summed E-state index contributed by atoms with van der Waals surface area (Å²) in [5.41, 5.74) is -0.539. The monoisotopic (exact) mass is 342 g/mol. The minimum atomic E-state index is -4.63. The second-order valence-electron chi connectivity index (χ2n) is 4.16. The Hall–Kier alpha value is -1.29. The number of hydrogen-bond donors (Lipinski definition) is 2. The van der Waals surface area contributed by atoms with Crippen LogP contribution in [0.4, 0.5) is 8.78 Å². The zero-order valence-electron chi connectivity index (χ0n) is 11.1. The fourth-order valence-electron chi connectivity index (χ4n) is 1.41. The average molecular weight is 343 g/mol. The molecule has 1 aromatic carbocycles. The Morgan fingerprint density at radius 2 is 2.10 bits per heavy atom. The number of nitrogens with two attached hydrogens (primary N) is 1. The van der Waals surface area contributed by atoms with Crippen LogP contribution < -0.4 is 10.5 Å². The van der Waals surface area contributed by atoms with Gasteiger partial charge in [0.05, 0.1) is 16.7 Å². The first-order valence-electron chi connectivity index (χ1n) is 5.60. The van der Waals surface area contributed by atoms with Crippen LogP contribution in [0.25, 0.3) is 0 Å². The highest BCUT2D eigenvalue weighted by Crippen LogP contribution is 2.29. The quantitative estimate of drug-likeness (QED) is 0.781. The van der Waals surface area contributed by atoms with E-state index in [9.17, 15) is 22.0 Å². The highest BCUT2D eigenvalue weighted by molar-refractivity contribution is 7.89. The Kier molecular flexibility index (Phi) is 5.62. The second-order valence-corrected chi connectivity index (χ2v) is 6.04. The number of carbonyl (C=O) groups excluding carboxylic acids is 1. The number of nitrogens with one attached hydrogen (secondary N) is 1. The molecule has 1 unspecified atom stereocenters. The van der Waals surface area contributed by atoms with Crippen molar-refractivity contribution in [3.05, 3.63) is 28.3 Å². The topological polar surface area (TPSA) is 98.5 Å². The van der Waals surface area contributed by atoms with Crippen molar-refractivity contribution in [2.75, 3.05) is 13.7 Å². The van der Waals surface area contributed by atoms with E-state index < -0.39 is 43.0 Å². The van der Waals surface area contributed by atoms with Gasteiger partial charge >= 0.3 is 0 Å². The molecule has 0 aliphatic rings. The normalized spacial score (nSPS) is 13.0. The van der Waals surface area contributed by atoms with Crippen molar-refractivity contribution in [2.24, 2.45) is 5.14 Å². The maximum Gasteiger partial charge on any atom is 0.253 e. The minimum Gasteiger partial charge on any atom is -0.380 e. The van der Waals surface area contributed by atoms with E-state index in [-0.39, 0.29) is 12.6 Å². The number of halogens is 3. The first kappa shape index (κ1) is 17.8. The molecule has 0 saturated heterocycles. The van der Waals surface area contributed by atoms with E-state index in [4.69, 9.17) is 21.5 Å². The van der Waals surface area contributed by atoms with Crippen molar-refractivity contribution in [2.45, 2.75) is 17.9 Å². The molecule has 118 valence electrons. The van der Waals surface area contributed by atoms with Crippen molar-refractivity contribution < 1.29 is 26.7 Å². The number of carbonyl (C=O) groups is 1. The number of sulfonamides is 1. The lowest BCUT2D eigenvalue weighted by molar-refractivity contribution is 0.0870. The lowest BCUT2D eigenvalue weighted by atomic mass is 10.2. The van der Waals surface area contributed by atoms with E-state index in [1.165, 1.54) is 7.11 Å². The van der Waals surface area contributed by atoms with Crippen molar-refractivity contribution in [3.63, 3.8) is 0 Å². The molecule has 3 N–H and O–H groups in total. The predicted molar refractivity (Wildman–Crippen MR) is 71.5 cm³/mol. The third kappa shape index (κ3) is 4.10. The lowest BCUT2D eigenvalue weighted by Gasteiger charge is -2.13. The van der Waals surface area contributed by atoms with Crippen LogP contribution in [0.3, 0.4) is 0 Å². The summed E-state index contributed by atoms with van der Waals surface area (Å²) in [5, 5.41) is 6.33. The van der Waals surface area contributed by atoms with Gasteiger partial charge in [0, 0.05) is 13.7 Å². The van der Waals surface area contributed by atoms with Gasteiger partial charge in [0.1, 0.15) is 4.90 Å². The van der Waals surface area contributed by atoms with E-state index in [1.807, 2.05) is 0 Å². The summed E-state index contributed by atoms with van der Waals surface area (Å²) < 4.78 is 54.3. The van der Waals surface area contributed by atoms with Gasteiger partial charge in [-0.25, -0.2) is 22.3 Å². The molecule has 1 atom stereocenters. The maximum atomic E-state index is 13.5. The zero-order valence-corrected chi connectivity index (χ0v) is 12.7. The Balaban J connectivity index is 3.27. The molecule has 0 saturated carbocycles. The fraction of sp³-hybridized carbons (Fsp3) is 0.364. The molecule has 6 nitrogen and oxygen atoms in total. The van der Waals surface area contributed by atoms with Gasteiger partial charge in [0.15, 0.2) is 11.6 Å². The van der Waals surface area contributed by atoms with Crippen LogP contribution in [0.2, 0.25) is 5.02 Å². The van der Waals surface area contributed by atoms with Gasteiger partial charge in [-0.05, 0) is 13.0 Å². The standard InChI is InChI=1S/C11H13ClF2N2O4S/c1-5(20-2)4-16-11(17)6-3-7(13)9(14)10(8(6)12)21(15,18)19/h3,5H,4H2,1-2H3,(H,16,17)(H2,15,18,19). The summed E-state index contributed by atoms with van der Waals surface area (Å²) in [6, 6.07) is 0.499. The highest BCUT2D eigenvalue weighted by Gasteiger charge is 2.27. The molecule has 21 heavy (non-hydrogen) atoms. The molecule has 0 spiro atoms. The molecule has 0 aromatic heterocycles. The SMILES string of the molecule is COC(C)CNC(=O)c1cc(F)c(F)c(S(N)(=O)=O)c1Cl. The predicted octanol–water partition coefficient (Wildman–Crippen LogP) is 1.03. The highest BCUT2D eigenvalue weighted by atomic mass is 35.5. The van der Waals surface area contributed by atoms with Crippen LogP contribution in [0.5, 0.6) is 0 Å². The van der Waals surface area contributed by atoms with Crippen molar-refractivity contribution in [1.82, 2.24) is 5.32 Å². The first-order valence-corrected chi connectivity index (χ1v) is 7.53. The molecule has 0 aliphatic carbocycles. The smallest absolute Gasteiger partial charge is 0.253 e. The Morgan fingerprint density at radius 1 is 1.52 bits per heavy atom. The summed E-state index contributed by atoms with van der Waals surface area (Å²) in [6.07, 6.45) is -0.337. The van der Waals surface area contributed by atoms with Gasteiger partial charge in [-0.15, -0.1) is 0 Å². The van der Waals surface area contributed by atoms with Gasteiger partial charge in [0.2, 0.25) is 10.0 Å². The number of primary sulfonamides is 1. The summed E-state index contributed by atoms with van der Waals surface area (Å²) in [4.78, 5) is 10.6. The summed E-state index contributed by atoms with van der Waals surface area (Å²) in [6.45, 7) is 1.72. The zero-order chi connectivity index (χ0) is 16.4. The third-order valence-electron chi connectivity index (χ3n) is 2.60. The Morgan fingerprint density at radius 3 is 2.57 bits per heavy atom. The number of amides is 1. The largest absolute Gasteiger partial charge is 0.380 e. The molecule has 1 amide bonds. The van der Waals surface area contributed by atoms with Gasteiger partial charge in [-0.3, -0.25) is 4.79 Å². The van der Waals surface area contributed by atoms with Crippen LogP contribution in [0.1, 0.15) is 17.3 Å². The van der Waals surface area contributed by atoms with Gasteiger partial charge in [-0.2, -0.15) is 0 Å². The molecular weight excluding hydrogens is 330 g/mol. The molecular formula is C11H13ClF2N2O4S. The summed E-state index contributed by atoms with van der Waals surface area (Å²) >= 11 is 5.66. The summed E-state index contributed by atoms with van der Waals surface area (Å²) in [7, 11) is -3.21. The van der Waals surface area contributed by atoms with E-state index in [0.717, 1.165) is 0 Å². The Labute approximate surface area is 125 Å². The third-order valence-corrected chi connectivity index (χ3v) is 4.05. The molecule has 1 rings (SSSR count). The number of rotatable bonds is 5. The summed E-state index contributed by atoms with van der Waals surface area (Å²) in [5.74, 6) is -4.16. The van der Waals surface area contributed by atoms with Crippen molar-refractivity contribution >= 4 is 27.5 Å². The molecule has 0 fully saturated rings. The molecule has 10 heteroatoms. The number of benzene rings is 1. The number of hydrogen-bond acceptors (Lipinski definition) is 4. The van der Waals surface area contributed by atoms with E-state index >= 15 is 0 Å². The molecule has 0 aliphatic heterocycles. The van der Waals surface area contributed by atoms with Gasteiger partial charge in [-0.1, -0.05) is 11.6 Å². The Bertz CT molecular complexity index is 667. The van der Waals surface area contributed by atoms with Crippen LogP contribution in [-0.2, 0) is 14.8 Å². The van der Waals surface area contributed by atoms with Crippen molar-refractivity contribution in [1.29, 1.82) is 0 Å². The first-order chi connectivity index (χ1) is 9.59. The molecule has 0 heterocycles. The van der Waals surface area contributed by atoms with Gasteiger partial charge in [0.25, 0.3) is 5.91 Å². The van der Waals surface area contributed by atoms with E-state index in [0.29, 0.717) is 6.07 Å². The number of ether oxygens (including phenoxy) is 1. The van der Waals surface area contributed by atoms with Crippen LogP contribution in [-0.4, -0.2) is 34.1 Å².